The Hall–Kier alpha value is -2.47. The number of amidine groups is 1. The third-order valence-corrected chi connectivity index (χ3v) is 3.02. The summed E-state index contributed by atoms with van der Waals surface area (Å²) < 4.78 is 26.2. The molecule has 0 radical (unpaired) electrons. The van der Waals surface area contributed by atoms with Gasteiger partial charge in [-0.15, -0.1) is 0 Å². The van der Waals surface area contributed by atoms with Gasteiger partial charge in [0, 0.05) is 30.3 Å². The van der Waals surface area contributed by atoms with E-state index in [0.29, 0.717) is 24.2 Å². The molecule has 0 amide bonds. The summed E-state index contributed by atoms with van der Waals surface area (Å²) in [5.41, 5.74) is 7.45. The van der Waals surface area contributed by atoms with Gasteiger partial charge in [-0.2, -0.15) is 0 Å². The molecule has 2 aromatic rings. The minimum absolute atomic E-state index is 0.0443. The van der Waals surface area contributed by atoms with Crippen LogP contribution in [0.5, 0.6) is 0 Å². The van der Waals surface area contributed by atoms with Crippen molar-refractivity contribution in [1.29, 1.82) is 0 Å². The van der Waals surface area contributed by atoms with Crippen LogP contribution in [-0.2, 0) is 13.1 Å². The summed E-state index contributed by atoms with van der Waals surface area (Å²) in [6, 6.07) is 10.6. The zero-order valence-corrected chi connectivity index (χ0v) is 11.2. The Morgan fingerprint density at radius 1 is 1.10 bits per heavy atom. The first-order valence-electron chi connectivity index (χ1n) is 6.31. The van der Waals surface area contributed by atoms with Crippen LogP contribution in [0.15, 0.2) is 47.6 Å². The lowest BCUT2D eigenvalue weighted by molar-refractivity contribution is 0.318. The van der Waals surface area contributed by atoms with Gasteiger partial charge in [-0.1, -0.05) is 35.5 Å². The molecule has 0 atom stereocenters. The fourth-order valence-corrected chi connectivity index (χ4v) is 1.86. The molecule has 0 bridgehead atoms. The summed E-state index contributed by atoms with van der Waals surface area (Å²) in [6.07, 6.45) is 0. The molecule has 0 saturated carbocycles. The SMILES string of the molecule is NC(=NO)c1ccc(CNCc2ccc(F)cc2F)cc1. The van der Waals surface area contributed by atoms with Crippen molar-refractivity contribution in [3.05, 3.63) is 70.8 Å². The minimum atomic E-state index is -0.588. The molecule has 0 aliphatic carbocycles. The summed E-state index contributed by atoms with van der Waals surface area (Å²) in [7, 11) is 0. The number of hydrogen-bond donors (Lipinski definition) is 3. The predicted octanol–water partition coefficient (Wildman–Crippen LogP) is 2.35. The van der Waals surface area contributed by atoms with E-state index in [1.807, 2.05) is 12.1 Å². The van der Waals surface area contributed by atoms with Gasteiger partial charge in [0.2, 0.25) is 0 Å². The Bertz CT molecular complexity index is 642. The Labute approximate surface area is 120 Å². The average Bonchev–Trinajstić information content (AvgIpc) is 2.49. The van der Waals surface area contributed by atoms with E-state index in [9.17, 15) is 8.78 Å². The van der Waals surface area contributed by atoms with Gasteiger partial charge in [-0.3, -0.25) is 0 Å². The van der Waals surface area contributed by atoms with Gasteiger partial charge in [0.25, 0.3) is 0 Å². The van der Waals surface area contributed by atoms with Crippen LogP contribution in [-0.4, -0.2) is 11.0 Å². The number of nitrogens with two attached hydrogens (primary N) is 1. The highest BCUT2D eigenvalue weighted by Crippen LogP contribution is 2.10. The largest absolute Gasteiger partial charge is 0.409 e. The Morgan fingerprint density at radius 2 is 1.81 bits per heavy atom. The molecule has 0 heterocycles. The second kappa shape index (κ2) is 6.81. The van der Waals surface area contributed by atoms with Gasteiger partial charge in [-0.25, -0.2) is 8.78 Å². The Morgan fingerprint density at radius 3 is 2.43 bits per heavy atom. The van der Waals surface area contributed by atoms with Crippen molar-refractivity contribution in [3.8, 4) is 0 Å². The molecule has 21 heavy (non-hydrogen) atoms. The highest BCUT2D eigenvalue weighted by molar-refractivity contribution is 5.96. The van der Waals surface area contributed by atoms with Crippen molar-refractivity contribution in [1.82, 2.24) is 5.32 Å². The quantitative estimate of drug-likeness (QED) is 0.343. The smallest absolute Gasteiger partial charge is 0.170 e. The molecule has 6 heteroatoms. The first kappa shape index (κ1) is 14.9. The predicted molar refractivity (Wildman–Crippen MR) is 75.9 cm³/mol. The Kier molecular flexibility index (Phi) is 4.84. The maximum absolute atomic E-state index is 13.4. The second-order valence-electron chi connectivity index (χ2n) is 4.52. The molecule has 2 rings (SSSR count). The van der Waals surface area contributed by atoms with E-state index in [2.05, 4.69) is 10.5 Å². The zero-order chi connectivity index (χ0) is 15.2. The first-order chi connectivity index (χ1) is 10.1. The van der Waals surface area contributed by atoms with Gasteiger partial charge in [0.05, 0.1) is 0 Å². The zero-order valence-electron chi connectivity index (χ0n) is 11.2. The van der Waals surface area contributed by atoms with E-state index >= 15 is 0 Å². The molecule has 0 fully saturated rings. The van der Waals surface area contributed by atoms with Crippen molar-refractivity contribution in [2.75, 3.05) is 0 Å². The summed E-state index contributed by atoms with van der Waals surface area (Å²) in [5.74, 6) is -1.11. The molecule has 0 saturated heterocycles. The molecule has 110 valence electrons. The van der Waals surface area contributed by atoms with Crippen LogP contribution in [0, 0.1) is 11.6 Å². The van der Waals surface area contributed by atoms with Crippen molar-refractivity contribution < 1.29 is 14.0 Å². The van der Waals surface area contributed by atoms with E-state index < -0.39 is 11.6 Å². The monoisotopic (exact) mass is 291 g/mol. The third-order valence-electron chi connectivity index (χ3n) is 3.02. The fourth-order valence-electron chi connectivity index (χ4n) is 1.86. The standard InChI is InChI=1S/C15H15F2N3O/c16-13-6-5-12(14(17)7-13)9-19-8-10-1-3-11(4-2-10)15(18)20-21/h1-7,19,21H,8-9H2,(H2,18,20). The number of benzene rings is 2. The number of nitrogens with one attached hydrogen (secondary N) is 1. The number of nitrogens with zero attached hydrogens (tertiary/aromatic N) is 1. The average molecular weight is 291 g/mol. The molecular formula is C15H15F2N3O. The molecule has 4 N–H and O–H groups in total. The van der Waals surface area contributed by atoms with Crippen LogP contribution in [0.3, 0.4) is 0 Å². The normalized spacial score (nSPS) is 11.6. The summed E-state index contributed by atoms with van der Waals surface area (Å²) in [6.45, 7) is 0.821. The molecule has 4 nitrogen and oxygen atoms in total. The van der Waals surface area contributed by atoms with E-state index in [0.717, 1.165) is 11.6 Å². The van der Waals surface area contributed by atoms with Crippen molar-refractivity contribution >= 4 is 5.84 Å². The van der Waals surface area contributed by atoms with E-state index in [4.69, 9.17) is 10.9 Å². The summed E-state index contributed by atoms with van der Waals surface area (Å²) in [5, 5.41) is 14.5. The number of rotatable bonds is 5. The van der Waals surface area contributed by atoms with Gasteiger partial charge in [0.15, 0.2) is 5.84 Å². The van der Waals surface area contributed by atoms with Crippen molar-refractivity contribution in [3.63, 3.8) is 0 Å². The van der Waals surface area contributed by atoms with E-state index in [1.54, 1.807) is 12.1 Å². The molecule has 2 aromatic carbocycles. The van der Waals surface area contributed by atoms with Gasteiger partial charge >= 0.3 is 0 Å². The van der Waals surface area contributed by atoms with Crippen LogP contribution >= 0.6 is 0 Å². The Balaban J connectivity index is 1.91. The second-order valence-corrected chi connectivity index (χ2v) is 4.52. The fraction of sp³-hybridized carbons (Fsp3) is 0.133. The maximum atomic E-state index is 13.4. The molecule has 0 aromatic heterocycles. The third kappa shape index (κ3) is 4.00. The van der Waals surface area contributed by atoms with Crippen LogP contribution in [0.2, 0.25) is 0 Å². The van der Waals surface area contributed by atoms with Crippen LogP contribution in [0.25, 0.3) is 0 Å². The van der Waals surface area contributed by atoms with Crippen molar-refractivity contribution in [2.24, 2.45) is 10.9 Å². The number of oxime groups is 1. The van der Waals surface area contributed by atoms with Gasteiger partial charge in [-0.05, 0) is 11.6 Å². The van der Waals surface area contributed by atoms with Crippen LogP contribution in [0.4, 0.5) is 8.78 Å². The van der Waals surface area contributed by atoms with Crippen molar-refractivity contribution in [2.45, 2.75) is 13.1 Å². The van der Waals surface area contributed by atoms with Crippen LogP contribution < -0.4 is 11.1 Å². The lowest BCUT2D eigenvalue weighted by Gasteiger charge is -2.07. The maximum Gasteiger partial charge on any atom is 0.170 e. The molecule has 0 spiro atoms. The minimum Gasteiger partial charge on any atom is -0.409 e. The molecule has 0 aliphatic heterocycles. The lowest BCUT2D eigenvalue weighted by Crippen LogP contribution is -2.15. The van der Waals surface area contributed by atoms with Gasteiger partial charge in [0.1, 0.15) is 11.6 Å². The molecular weight excluding hydrogens is 276 g/mol. The first-order valence-corrected chi connectivity index (χ1v) is 6.31. The number of hydrogen-bond acceptors (Lipinski definition) is 3. The molecule has 0 unspecified atom stereocenters. The van der Waals surface area contributed by atoms with E-state index in [1.165, 1.54) is 12.1 Å². The highest BCUT2D eigenvalue weighted by atomic mass is 19.1. The molecule has 0 aliphatic rings. The van der Waals surface area contributed by atoms with Gasteiger partial charge < -0.3 is 16.3 Å². The van der Waals surface area contributed by atoms with E-state index in [-0.39, 0.29) is 5.84 Å². The summed E-state index contributed by atoms with van der Waals surface area (Å²) in [4.78, 5) is 0. The number of halogens is 2. The van der Waals surface area contributed by atoms with Crippen LogP contribution in [0.1, 0.15) is 16.7 Å². The lowest BCUT2D eigenvalue weighted by atomic mass is 10.1. The highest BCUT2D eigenvalue weighted by Gasteiger charge is 2.03. The summed E-state index contributed by atoms with van der Waals surface area (Å²) >= 11 is 0. The topological polar surface area (TPSA) is 70.6 Å².